The lowest BCUT2D eigenvalue weighted by atomic mass is 10.1. The van der Waals surface area contributed by atoms with Gasteiger partial charge in [0.2, 0.25) is 0 Å². The average Bonchev–Trinajstić information content (AvgIpc) is 3.37. The van der Waals surface area contributed by atoms with Crippen LogP contribution in [0.4, 0.5) is 18.9 Å². The number of rotatable bonds is 3. The summed E-state index contributed by atoms with van der Waals surface area (Å²) in [6.45, 7) is 1.53. The average molecular weight is 432 g/mol. The van der Waals surface area contributed by atoms with E-state index in [9.17, 15) is 22.8 Å². The zero-order valence-corrected chi connectivity index (χ0v) is 15.9. The van der Waals surface area contributed by atoms with Gasteiger partial charge in [-0.25, -0.2) is 14.3 Å². The van der Waals surface area contributed by atoms with Gasteiger partial charge in [0.15, 0.2) is 28.6 Å². The number of aromatic carboxylic acids is 1. The van der Waals surface area contributed by atoms with Crippen LogP contribution in [0.2, 0.25) is 0 Å². The number of carbonyl (C=O) groups is 2. The molecule has 0 fully saturated rings. The maximum atomic E-state index is 13.1. The van der Waals surface area contributed by atoms with Crippen molar-refractivity contribution in [3.63, 3.8) is 0 Å². The first-order chi connectivity index (χ1) is 14.6. The highest BCUT2D eigenvalue weighted by atomic mass is 19.4. The number of hydrogen-bond acceptors (Lipinski definition) is 6. The molecule has 0 radical (unpaired) electrons. The van der Waals surface area contributed by atoms with E-state index < -0.39 is 23.5 Å². The van der Waals surface area contributed by atoms with E-state index in [1.54, 1.807) is 24.3 Å². The summed E-state index contributed by atoms with van der Waals surface area (Å²) >= 11 is 0. The minimum absolute atomic E-state index is 0.0586. The van der Waals surface area contributed by atoms with E-state index in [4.69, 9.17) is 15.3 Å². The summed E-state index contributed by atoms with van der Waals surface area (Å²) in [7, 11) is 0. The first-order valence-corrected chi connectivity index (χ1v) is 8.68. The Kier molecular flexibility index (Phi) is 5.77. The smallest absolute Gasteiger partial charge is 0.433 e. The van der Waals surface area contributed by atoms with Crippen molar-refractivity contribution < 1.29 is 32.3 Å². The number of carbonyl (C=O) groups excluding carboxylic acids is 1. The van der Waals surface area contributed by atoms with Crippen LogP contribution in [-0.4, -0.2) is 31.5 Å². The normalized spacial score (nSPS) is 11.1. The second kappa shape index (κ2) is 8.30. The summed E-state index contributed by atoms with van der Waals surface area (Å²) < 4.78 is 44.7. The van der Waals surface area contributed by atoms with Crippen molar-refractivity contribution in [2.45, 2.75) is 13.1 Å². The van der Waals surface area contributed by atoms with Crippen LogP contribution < -0.4 is 5.73 Å². The summed E-state index contributed by atoms with van der Waals surface area (Å²) in [6.07, 6.45) is -3.42. The van der Waals surface area contributed by atoms with Gasteiger partial charge in [-0.2, -0.15) is 18.3 Å². The lowest BCUT2D eigenvalue weighted by Crippen LogP contribution is -2.14. The Morgan fingerprint density at radius 2 is 1.81 bits per heavy atom. The van der Waals surface area contributed by atoms with E-state index in [1.165, 1.54) is 25.3 Å². The zero-order chi connectivity index (χ0) is 22.8. The molecule has 0 spiro atoms. The number of Topliss-reactive ketones (excluding diaryl/α,β-unsaturated/α-hetero) is 1. The lowest BCUT2D eigenvalue weighted by molar-refractivity contribution is -0.142. The van der Waals surface area contributed by atoms with Crippen LogP contribution in [0.5, 0.6) is 0 Å². The van der Waals surface area contributed by atoms with E-state index in [0.29, 0.717) is 15.8 Å². The summed E-state index contributed by atoms with van der Waals surface area (Å²) in [6, 6.07) is 11.6. The fourth-order valence-corrected chi connectivity index (χ4v) is 2.55. The minimum atomic E-state index is -4.72. The van der Waals surface area contributed by atoms with E-state index in [-0.39, 0.29) is 22.9 Å². The highest BCUT2D eigenvalue weighted by Crippen LogP contribution is 2.32. The number of halogens is 3. The number of nitrogens with two attached hydrogens (primary N) is 1. The molecule has 4 aromatic rings. The fourth-order valence-electron chi connectivity index (χ4n) is 2.55. The van der Waals surface area contributed by atoms with E-state index in [0.717, 1.165) is 12.1 Å². The predicted octanol–water partition coefficient (Wildman–Crippen LogP) is 4.18. The Balaban J connectivity index is 0.000000229. The number of fused-ring (bicyclic) bond motifs is 1. The molecule has 0 aliphatic rings. The summed E-state index contributed by atoms with van der Waals surface area (Å²) in [5.74, 6) is -1.23. The van der Waals surface area contributed by atoms with Crippen LogP contribution in [0.15, 0.2) is 59.2 Å². The molecule has 0 aliphatic heterocycles. The maximum Gasteiger partial charge on any atom is 0.433 e. The Morgan fingerprint density at radius 1 is 1.13 bits per heavy atom. The van der Waals surface area contributed by atoms with Gasteiger partial charge >= 0.3 is 12.1 Å². The third-order valence-electron chi connectivity index (χ3n) is 4.03. The number of nitrogen functional groups attached to an aromatic ring is 1. The van der Waals surface area contributed by atoms with Gasteiger partial charge in [0.25, 0.3) is 0 Å². The SMILES string of the molecule is CC(=O)c1ccc(N)cc1.O=C(O)c1cc2nc(-c3ccco3)cc(C(F)(F)F)n2n1. The summed E-state index contributed by atoms with van der Waals surface area (Å²) in [5.41, 5.74) is 4.86. The van der Waals surface area contributed by atoms with E-state index in [2.05, 4.69) is 10.1 Å². The van der Waals surface area contributed by atoms with Gasteiger partial charge in [-0.3, -0.25) is 4.79 Å². The van der Waals surface area contributed by atoms with E-state index >= 15 is 0 Å². The topological polar surface area (TPSA) is 124 Å². The van der Waals surface area contributed by atoms with Crippen molar-refractivity contribution in [3.05, 3.63) is 71.7 Å². The Morgan fingerprint density at radius 3 is 2.32 bits per heavy atom. The first-order valence-electron chi connectivity index (χ1n) is 8.68. The van der Waals surface area contributed by atoms with Crippen LogP contribution >= 0.6 is 0 Å². The van der Waals surface area contributed by atoms with E-state index in [1.807, 2.05) is 0 Å². The van der Waals surface area contributed by atoms with Crippen LogP contribution in [0, 0.1) is 0 Å². The summed E-state index contributed by atoms with van der Waals surface area (Å²) in [4.78, 5) is 25.5. The standard InChI is InChI=1S/C12H6F3N3O3.C8H9NO/c13-12(14,15)9-4-6(8-2-1-3-21-8)16-10-5-7(11(19)20)17-18(9)10;1-6(10)7-2-4-8(9)5-3-7/h1-5H,(H,19,20);2-5H,9H2,1H3. The van der Waals surface area contributed by atoms with Crippen LogP contribution in [-0.2, 0) is 6.18 Å². The molecule has 0 unspecified atom stereocenters. The number of benzene rings is 1. The fraction of sp³-hybridized carbons (Fsp3) is 0.100. The zero-order valence-electron chi connectivity index (χ0n) is 15.9. The minimum Gasteiger partial charge on any atom is -0.476 e. The quantitative estimate of drug-likeness (QED) is 0.368. The molecular formula is C20H15F3N4O4. The lowest BCUT2D eigenvalue weighted by Gasteiger charge is -2.09. The van der Waals surface area contributed by atoms with Crippen molar-refractivity contribution in [1.82, 2.24) is 14.6 Å². The molecule has 0 saturated heterocycles. The predicted molar refractivity (Wildman–Crippen MR) is 104 cm³/mol. The molecule has 0 atom stereocenters. The van der Waals surface area contributed by atoms with Crippen molar-refractivity contribution >= 4 is 23.1 Å². The van der Waals surface area contributed by atoms with Gasteiger partial charge in [0.1, 0.15) is 5.69 Å². The summed E-state index contributed by atoms with van der Waals surface area (Å²) in [5, 5.41) is 12.2. The third kappa shape index (κ3) is 4.89. The van der Waals surface area contributed by atoms with Gasteiger partial charge in [-0.1, -0.05) is 0 Å². The molecule has 31 heavy (non-hydrogen) atoms. The number of ketones is 1. The van der Waals surface area contributed by atoms with Gasteiger partial charge in [-0.05, 0) is 49.4 Å². The molecule has 0 amide bonds. The molecule has 3 heterocycles. The number of carboxylic acid groups (broad SMARTS) is 1. The van der Waals surface area contributed by atoms with Crippen molar-refractivity contribution in [3.8, 4) is 11.5 Å². The third-order valence-corrected chi connectivity index (χ3v) is 4.03. The number of anilines is 1. The number of furan rings is 1. The van der Waals surface area contributed by atoms with Crippen LogP contribution in [0.1, 0.15) is 33.5 Å². The number of alkyl halides is 3. The number of aromatic nitrogens is 3. The Bertz CT molecular complexity index is 1230. The Labute approximate surface area is 172 Å². The number of hydrogen-bond donors (Lipinski definition) is 2. The molecule has 3 aromatic heterocycles. The van der Waals surface area contributed by atoms with Gasteiger partial charge in [0, 0.05) is 17.3 Å². The second-order valence-electron chi connectivity index (χ2n) is 6.28. The van der Waals surface area contributed by atoms with Gasteiger partial charge in [0.05, 0.1) is 6.26 Å². The highest BCUT2D eigenvalue weighted by Gasteiger charge is 2.35. The van der Waals surface area contributed by atoms with Gasteiger partial charge in [-0.15, -0.1) is 0 Å². The molecule has 1 aromatic carbocycles. The number of nitrogens with zero attached hydrogens (tertiary/aromatic N) is 3. The molecular weight excluding hydrogens is 417 g/mol. The molecule has 3 N–H and O–H groups in total. The van der Waals surface area contributed by atoms with Crippen molar-refractivity contribution in [2.75, 3.05) is 5.73 Å². The first kappa shape index (κ1) is 21.6. The molecule has 0 bridgehead atoms. The Hall–Kier alpha value is -4.15. The van der Waals surface area contributed by atoms with Crippen LogP contribution in [0.25, 0.3) is 17.1 Å². The molecule has 0 saturated carbocycles. The molecule has 4 rings (SSSR count). The van der Waals surface area contributed by atoms with Crippen molar-refractivity contribution in [2.24, 2.45) is 0 Å². The molecule has 0 aliphatic carbocycles. The number of carboxylic acids is 1. The molecule has 8 nitrogen and oxygen atoms in total. The van der Waals surface area contributed by atoms with Gasteiger partial charge < -0.3 is 15.3 Å². The highest BCUT2D eigenvalue weighted by molar-refractivity contribution is 5.94. The van der Waals surface area contributed by atoms with Crippen LogP contribution in [0.3, 0.4) is 0 Å². The largest absolute Gasteiger partial charge is 0.476 e. The second-order valence-corrected chi connectivity index (χ2v) is 6.28. The molecule has 160 valence electrons. The maximum absolute atomic E-state index is 13.1. The molecule has 11 heteroatoms. The monoisotopic (exact) mass is 432 g/mol. The van der Waals surface area contributed by atoms with Crippen molar-refractivity contribution in [1.29, 1.82) is 0 Å².